The highest BCUT2D eigenvalue weighted by Gasteiger charge is 2.22. The zero-order valence-corrected chi connectivity index (χ0v) is 32.5. The molecule has 1 heterocycles. The Bertz CT molecular complexity index is 2770. The van der Waals surface area contributed by atoms with Gasteiger partial charge in [0.15, 0.2) is 25.4 Å². The van der Waals surface area contributed by atoms with Crippen molar-refractivity contribution in [3.63, 3.8) is 0 Å². The Hall–Kier alpha value is -4.88. The van der Waals surface area contributed by atoms with Gasteiger partial charge in [-0.3, -0.25) is 9.11 Å². The summed E-state index contributed by atoms with van der Waals surface area (Å²) in [4.78, 5) is 11.5. The summed E-state index contributed by atoms with van der Waals surface area (Å²) in [5.74, 6) is -1.81. The smallest absolute Gasteiger partial charge is 0.397 e. The summed E-state index contributed by atoms with van der Waals surface area (Å²) in [6.45, 7) is 2.47. The summed E-state index contributed by atoms with van der Waals surface area (Å²) < 4.78 is 119. The van der Waals surface area contributed by atoms with E-state index in [9.17, 15) is 43.3 Å². The van der Waals surface area contributed by atoms with Gasteiger partial charge in [-0.15, -0.1) is 5.11 Å². The number of phenols is 1. The van der Waals surface area contributed by atoms with E-state index in [-0.39, 0.29) is 66.2 Å². The molecule has 0 aliphatic rings. The summed E-state index contributed by atoms with van der Waals surface area (Å²) in [7, 11) is -17.2. The van der Waals surface area contributed by atoms with Gasteiger partial charge in [0.05, 0.1) is 44.2 Å². The first-order valence-electron chi connectivity index (χ1n) is 15.6. The van der Waals surface area contributed by atoms with Gasteiger partial charge in [0.2, 0.25) is 17.2 Å². The average molecular weight is 856 g/mol. The van der Waals surface area contributed by atoms with Crippen molar-refractivity contribution in [2.45, 2.75) is 35.0 Å². The third-order valence-electron chi connectivity index (χ3n) is 7.47. The quantitative estimate of drug-likeness (QED) is 0.0630. The van der Waals surface area contributed by atoms with Crippen LogP contribution in [0.25, 0.3) is 10.8 Å². The summed E-state index contributed by atoms with van der Waals surface area (Å²) >= 11 is 6.16. The van der Waals surface area contributed by atoms with Gasteiger partial charge in [0, 0.05) is 11.1 Å². The maximum Gasteiger partial charge on any atom is 0.397 e. The molecule has 4 aromatic carbocycles. The first-order valence-corrected chi connectivity index (χ1v) is 22.1. The summed E-state index contributed by atoms with van der Waals surface area (Å²) in [5, 5.41) is 25.0. The normalized spacial score (nSPS) is 12.7. The second kappa shape index (κ2) is 16.1. The number of benzene rings is 4. The number of nitrogens with zero attached hydrogens (tertiary/aromatic N) is 5. The Kier molecular flexibility index (Phi) is 12.1. The van der Waals surface area contributed by atoms with Crippen LogP contribution < -0.4 is 10.6 Å². The topological polar surface area (TPSA) is 294 Å². The van der Waals surface area contributed by atoms with E-state index < -0.39 is 63.2 Å². The van der Waals surface area contributed by atoms with Crippen LogP contribution in [0, 0.1) is 6.92 Å². The molecule has 0 unspecified atom stereocenters. The molecule has 0 saturated carbocycles. The predicted molar refractivity (Wildman–Crippen MR) is 201 cm³/mol. The Morgan fingerprint density at radius 2 is 1.42 bits per heavy atom. The molecule has 0 amide bonds. The predicted octanol–water partition coefficient (Wildman–Crippen LogP) is 5.62. The second-order valence-electron chi connectivity index (χ2n) is 11.5. The highest BCUT2D eigenvalue weighted by atomic mass is 35.5. The number of halogens is 1. The van der Waals surface area contributed by atoms with Crippen LogP contribution in [0.3, 0.4) is 0 Å². The summed E-state index contributed by atoms with van der Waals surface area (Å²) in [5.41, 5.74) is 0.568. The Labute approximate surface area is 320 Å². The zero-order valence-electron chi connectivity index (χ0n) is 28.4. The van der Waals surface area contributed by atoms with Crippen molar-refractivity contribution in [1.29, 1.82) is 0 Å². The molecule has 0 fully saturated rings. The van der Waals surface area contributed by atoms with Gasteiger partial charge >= 0.3 is 10.4 Å². The van der Waals surface area contributed by atoms with E-state index in [1.165, 1.54) is 54.6 Å². The van der Waals surface area contributed by atoms with Gasteiger partial charge in [-0.25, -0.2) is 21.0 Å². The molecule has 5 N–H and O–H groups in total. The van der Waals surface area contributed by atoms with Crippen molar-refractivity contribution in [3.05, 3.63) is 77.6 Å². The van der Waals surface area contributed by atoms with Gasteiger partial charge in [-0.1, -0.05) is 13.0 Å². The fourth-order valence-electron chi connectivity index (χ4n) is 5.06. The number of anilines is 4. The number of azo groups is 1. The number of rotatable bonds is 15. The Morgan fingerprint density at radius 1 is 0.764 bits per heavy atom. The van der Waals surface area contributed by atoms with Gasteiger partial charge in [0.1, 0.15) is 5.69 Å². The van der Waals surface area contributed by atoms with E-state index in [4.69, 9.17) is 16.2 Å². The summed E-state index contributed by atoms with van der Waals surface area (Å²) in [6, 6.07) is 14.5. The summed E-state index contributed by atoms with van der Waals surface area (Å²) in [6.07, 6.45) is 0.443. The third-order valence-corrected chi connectivity index (χ3v) is 12.5. The van der Waals surface area contributed by atoms with E-state index in [0.717, 1.165) is 12.1 Å². The van der Waals surface area contributed by atoms with Crippen LogP contribution in [0.5, 0.6) is 5.75 Å². The highest BCUT2D eigenvalue weighted by Crippen LogP contribution is 2.44. The van der Waals surface area contributed by atoms with E-state index in [0.29, 0.717) is 12.0 Å². The molecule has 55 heavy (non-hydrogen) atoms. The highest BCUT2D eigenvalue weighted by molar-refractivity contribution is 7.91. The number of hydrogen-bond donors (Lipinski definition) is 5. The fraction of sp³-hybridized carbons (Fsp3) is 0.194. The maximum atomic E-state index is 12.7. The lowest BCUT2D eigenvalue weighted by molar-refractivity contribution is 0.284. The monoisotopic (exact) mass is 855 g/mol. The van der Waals surface area contributed by atoms with Crippen molar-refractivity contribution in [2.75, 3.05) is 28.7 Å². The van der Waals surface area contributed by atoms with Gasteiger partial charge in [-0.2, -0.15) is 36.9 Å². The third kappa shape index (κ3) is 10.5. The van der Waals surface area contributed by atoms with Crippen LogP contribution >= 0.6 is 11.6 Å². The number of aryl methyl sites for hydroxylation is 1. The minimum atomic E-state index is -4.86. The molecule has 0 aliphatic carbocycles. The van der Waals surface area contributed by atoms with Crippen molar-refractivity contribution in [3.8, 4) is 5.75 Å². The van der Waals surface area contributed by atoms with Crippen molar-refractivity contribution < 1.29 is 52.1 Å². The van der Waals surface area contributed by atoms with Crippen molar-refractivity contribution in [2.24, 2.45) is 10.2 Å². The van der Waals surface area contributed by atoms with Crippen molar-refractivity contribution in [1.82, 2.24) is 15.0 Å². The molecule has 0 radical (unpaired) electrons. The molecule has 24 heteroatoms. The molecule has 292 valence electrons. The second-order valence-corrected chi connectivity index (χ2v) is 18.6. The molecular formula is C31H30ClN7O12S4. The van der Waals surface area contributed by atoms with Crippen molar-refractivity contribution >= 4 is 97.2 Å². The van der Waals surface area contributed by atoms with Crippen LogP contribution in [0.1, 0.15) is 18.9 Å². The first-order chi connectivity index (χ1) is 25.6. The van der Waals surface area contributed by atoms with Gasteiger partial charge in [0.25, 0.3) is 10.1 Å². The molecule has 0 saturated heterocycles. The number of aromatic hydroxyl groups is 1. The lowest BCUT2D eigenvalue weighted by Crippen LogP contribution is -2.15. The minimum Gasteiger partial charge on any atom is -0.505 e. The van der Waals surface area contributed by atoms with E-state index >= 15 is 0 Å². The minimum absolute atomic E-state index is 0.00473. The van der Waals surface area contributed by atoms with Crippen LogP contribution in [0.2, 0.25) is 5.28 Å². The Morgan fingerprint density at radius 3 is 2.05 bits per heavy atom. The molecule has 0 bridgehead atoms. The largest absolute Gasteiger partial charge is 0.505 e. The number of phenolic OH excluding ortho intramolecular Hbond substituents is 1. The molecule has 0 aliphatic heterocycles. The van der Waals surface area contributed by atoms with E-state index in [1.54, 1.807) is 13.8 Å². The SMILES string of the molecule is CCCS(=O)(=O)c1ccc(N=Nc2c(C)cc3cc(S(=O)(=O)O)cc(Nc4nc(Cl)nc(Nc5cccc(S(=O)(=O)CCOS(=O)(=O)O)c5)n4)c3c2O)cc1. The van der Waals surface area contributed by atoms with E-state index in [1.807, 2.05) is 0 Å². The fourth-order valence-corrected chi connectivity index (χ4v) is 8.61. The number of nitrogens with one attached hydrogen (secondary N) is 2. The van der Waals surface area contributed by atoms with Crippen LogP contribution in [-0.2, 0) is 44.4 Å². The molecule has 1 aromatic heterocycles. The standard InChI is InChI=1S/C31H30ClN7O12S4/c1-3-12-52(41,42)22-9-7-20(8-10-22)38-39-27-18(2)14-19-15-24(54(45,46)47)17-25(26(19)28(27)40)34-31-36-29(32)35-30(37-31)33-21-5-4-6-23(16-21)53(43,44)13-11-51-55(48,49)50/h4-10,14-17,40H,3,11-13H2,1-2H3,(H,45,46,47)(H,48,49,50)(H2,33,34,35,36,37). The molecule has 0 spiro atoms. The molecule has 19 nitrogen and oxygen atoms in total. The molecular weight excluding hydrogens is 826 g/mol. The van der Waals surface area contributed by atoms with Crippen LogP contribution in [0.4, 0.5) is 34.6 Å². The average Bonchev–Trinajstić information content (AvgIpc) is 3.07. The lowest BCUT2D eigenvalue weighted by Gasteiger charge is -2.15. The molecule has 5 aromatic rings. The number of fused-ring (bicyclic) bond motifs is 1. The maximum absolute atomic E-state index is 12.7. The van der Waals surface area contributed by atoms with E-state index in [2.05, 4.69) is 40.0 Å². The van der Waals surface area contributed by atoms with Gasteiger partial charge in [-0.05, 0) is 96.6 Å². The van der Waals surface area contributed by atoms with Crippen LogP contribution in [0.15, 0.2) is 91.6 Å². The lowest BCUT2D eigenvalue weighted by atomic mass is 10.0. The number of sulfone groups is 2. The molecule has 0 atom stereocenters. The van der Waals surface area contributed by atoms with Crippen LogP contribution in [-0.4, -0.2) is 80.9 Å². The molecule has 5 rings (SSSR count). The van der Waals surface area contributed by atoms with Gasteiger partial charge < -0.3 is 15.7 Å². The first kappa shape index (κ1) is 41.3. The number of hydrogen-bond acceptors (Lipinski definition) is 17. The Balaban J connectivity index is 1.49. The zero-order chi connectivity index (χ0) is 40.3. The number of aromatic nitrogens is 3.